The minimum absolute atomic E-state index is 0.0757. The van der Waals surface area contributed by atoms with Crippen molar-refractivity contribution in [1.82, 2.24) is 10.2 Å². The van der Waals surface area contributed by atoms with E-state index in [1.54, 1.807) is 6.92 Å². The summed E-state index contributed by atoms with van der Waals surface area (Å²) in [5.74, 6) is 0.0757. The first-order valence-corrected chi connectivity index (χ1v) is 3.92. The number of hydrogen-bond donors (Lipinski definition) is 1. The highest BCUT2D eigenvalue weighted by Gasteiger charge is 2.14. The first-order valence-electron chi connectivity index (χ1n) is 3.92. The average Bonchev–Trinajstić information content (AvgIpc) is 1.96. The molecule has 0 atom stereocenters. The van der Waals surface area contributed by atoms with Gasteiger partial charge in [-0.1, -0.05) is 0 Å². The number of Topliss-reactive ketones (excluding diaryl/α,β-unsaturated/α-hetero) is 1. The Morgan fingerprint density at radius 3 is 2.58 bits per heavy atom. The van der Waals surface area contributed by atoms with Crippen LogP contribution in [0.5, 0.6) is 0 Å². The summed E-state index contributed by atoms with van der Waals surface area (Å²) in [4.78, 5) is 13.1. The molecule has 0 saturated heterocycles. The average molecular weight is 166 g/mol. The molecule has 1 aliphatic rings. The van der Waals surface area contributed by atoms with Gasteiger partial charge in [0.15, 0.2) is 5.78 Å². The van der Waals surface area contributed by atoms with Crippen molar-refractivity contribution in [2.45, 2.75) is 20.8 Å². The summed E-state index contributed by atoms with van der Waals surface area (Å²) in [5.41, 5.74) is 2.65. The molecule has 0 fully saturated rings. The summed E-state index contributed by atoms with van der Waals surface area (Å²) in [6.07, 6.45) is 1.96. The van der Waals surface area contributed by atoms with Crippen molar-refractivity contribution in [2.24, 2.45) is 0 Å². The van der Waals surface area contributed by atoms with Crippen molar-refractivity contribution in [3.05, 3.63) is 23.3 Å². The second-order valence-corrected chi connectivity index (χ2v) is 3.06. The molecule has 12 heavy (non-hydrogen) atoms. The number of hydrogen-bond acceptors (Lipinski definition) is 3. The van der Waals surface area contributed by atoms with Crippen molar-refractivity contribution in [3.63, 3.8) is 0 Å². The number of carbonyl (C=O) groups is 1. The molecule has 0 bridgehead atoms. The molecule has 1 heterocycles. The zero-order valence-electron chi connectivity index (χ0n) is 7.93. The quantitative estimate of drug-likeness (QED) is 0.635. The van der Waals surface area contributed by atoms with Gasteiger partial charge in [0.1, 0.15) is 5.70 Å². The molecule has 1 rings (SSSR count). The highest BCUT2D eigenvalue weighted by Crippen LogP contribution is 2.14. The highest BCUT2D eigenvalue weighted by atomic mass is 16.1. The fraction of sp³-hybridized carbons (Fsp3) is 0.444. The van der Waals surface area contributed by atoms with Crippen molar-refractivity contribution in [3.8, 4) is 0 Å². The van der Waals surface area contributed by atoms with Gasteiger partial charge in [-0.2, -0.15) is 0 Å². The van der Waals surface area contributed by atoms with E-state index >= 15 is 0 Å². The van der Waals surface area contributed by atoms with Gasteiger partial charge in [0, 0.05) is 31.6 Å². The lowest BCUT2D eigenvalue weighted by molar-refractivity contribution is -0.114. The summed E-state index contributed by atoms with van der Waals surface area (Å²) in [7, 11) is 1.93. The van der Waals surface area contributed by atoms with E-state index in [1.165, 1.54) is 0 Å². The van der Waals surface area contributed by atoms with Crippen LogP contribution in [-0.2, 0) is 4.79 Å². The fourth-order valence-electron chi connectivity index (χ4n) is 1.23. The van der Waals surface area contributed by atoms with Crippen LogP contribution in [-0.4, -0.2) is 17.7 Å². The van der Waals surface area contributed by atoms with E-state index in [2.05, 4.69) is 5.32 Å². The van der Waals surface area contributed by atoms with Gasteiger partial charge in [-0.25, -0.2) is 0 Å². The van der Waals surface area contributed by atoms with Crippen LogP contribution >= 0.6 is 0 Å². The van der Waals surface area contributed by atoms with Crippen LogP contribution in [0.1, 0.15) is 20.8 Å². The van der Waals surface area contributed by atoms with Crippen molar-refractivity contribution >= 4 is 5.78 Å². The van der Waals surface area contributed by atoms with Gasteiger partial charge in [0.2, 0.25) is 0 Å². The standard InChI is InChI=1S/C9H14N2O/c1-6-5-11(4)7(2)9(10-6)8(3)12/h5,10H,1-4H3. The summed E-state index contributed by atoms with van der Waals surface area (Å²) in [6, 6.07) is 0. The van der Waals surface area contributed by atoms with Gasteiger partial charge in [-0.15, -0.1) is 0 Å². The van der Waals surface area contributed by atoms with E-state index in [0.717, 1.165) is 11.4 Å². The highest BCUT2D eigenvalue weighted by molar-refractivity contribution is 5.93. The SMILES string of the molecule is CC(=O)C1=C(C)N(C)C=C(C)N1. The van der Waals surface area contributed by atoms with E-state index in [9.17, 15) is 4.79 Å². The maximum atomic E-state index is 11.1. The monoisotopic (exact) mass is 166 g/mol. The Balaban J connectivity index is 2.99. The lowest BCUT2D eigenvalue weighted by Crippen LogP contribution is -2.29. The summed E-state index contributed by atoms with van der Waals surface area (Å²) < 4.78 is 0. The topological polar surface area (TPSA) is 32.3 Å². The molecular weight excluding hydrogens is 152 g/mol. The van der Waals surface area contributed by atoms with Crippen LogP contribution in [0.15, 0.2) is 23.3 Å². The molecule has 0 radical (unpaired) electrons. The third-order valence-corrected chi connectivity index (χ3v) is 1.95. The minimum Gasteiger partial charge on any atom is -0.354 e. The molecular formula is C9H14N2O. The lowest BCUT2D eigenvalue weighted by atomic mass is 10.2. The van der Waals surface area contributed by atoms with Crippen molar-refractivity contribution in [1.29, 1.82) is 0 Å². The molecule has 0 amide bonds. The Kier molecular flexibility index (Phi) is 2.22. The molecule has 66 valence electrons. The van der Waals surface area contributed by atoms with E-state index in [4.69, 9.17) is 0 Å². The smallest absolute Gasteiger partial charge is 0.177 e. The van der Waals surface area contributed by atoms with Gasteiger partial charge in [-0.05, 0) is 13.8 Å². The predicted molar refractivity (Wildman–Crippen MR) is 48.0 cm³/mol. The van der Waals surface area contributed by atoms with Gasteiger partial charge in [-0.3, -0.25) is 4.79 Å². The lowest BCUT2D eigenvalue weighted by Gasteiger charge is -2.25. The molecule has 0 aromatic rings. The second kappa shape index (κ2) is 3.01. The molecule has 3 nitrogen and oxygen atoms in total. The third kappa shape index (κ3) is 1.49. The number of ketones is 1. The van der Waals surface area contributed by atoms with Gasteiger partial charge in [0.05, 0.1) is 0 Å². The molecule has 3 heteroatoms. The molecule has 0 aromatic heterocycles. The van der Waals surface area contributed by atoms with Gasteiger partial charge < -0.3 is 10.2 Å². The first-order chi connectivity index (χ1) is 5.52. The number of allylic oxidation sites excluding steroid dienone is 3. The normalized spacial score (nSPS) is 17.3. The number of nitrogens with one attached hydrogen (secondary N) is 1. The van der Waals surface area contributed by atoms with Crippen LogP contribution in [0.2, 0.25) is 0 Å². The van der Waals surface area contributed by atoms with Crippen molar-refractivity contribution < 1.29 is 4.79 Å². The molecule has 0 aliphatic carbocycles. The van der Waals surface area contributed by atoms with E-state index in [1.807, 2.05) is 32.0 Å². The van der Waals surface area contributed by atoms with E-state index in [-0.39, 0.29) is 5.78 Å². The largest absolute Gasteiger partial charge is 0.354 e. The van der Waals surface area contributed by atoms with Gasteiger partial charge in [0.25, 0.3) is 0 Å². The maximum Gasteiger partial charge on any atom is 0.177 e. The van der Waals surface area contributed by atoms with E-state index in [0.29, 0.717) is 5.70 Å². The summed E-state index contributed by atoms with van der Waals surface area (Å²) in [6.45, 7) is 5.43. The van der Waals surface area contributed by atoms with Crippen molar-refractivity contribution in [2.75, 3.05) is 7.05 Å². The maximum absolute atomic E-state index is 11.1. The van der Waals surface area contributed by atoms with Crippen LogP contribution in [0.3, 0.4) is 0 Å². The summed E-state index contributed by atoms with van der Waals surface area (Å²) in [5, 5.41) is 3.05. The number of rotatable bonds is 1. The first kappa shape index (κ1) is 8.84. The summed E-state index contributed by atoms with van der Waals surface area (Å²) >= 11 is 0. The Bertz CT molecular complexity index is 276. The molecule has 1 N–H and O–H groups in total. The minimum atomic E-state index is 0.0757. The Morgan fingerprint density at radius 2 is 2.08 bits per heavy atom. The van der Waals surface area contributed by atoms with Crippen LogP contribution in [0, 0.1) is 0 Å². The number of nitrogens with zero attached hydrogens (tertiary/aromatic N) is 1. The zero-order chi connectivity index (χ0) is 9.30. The number of carbonyl (C=O) groups excluding carboxylic acids is 1. The Hall–Kier alpha value is -1.25. The van der Waals surface area contributed by atoms with Crippen LogP contribution < -0.4 is 5.32 Å². The fourth-order valence-corrected chi connectivity index (χ4v) is 1.23. The molecule has 0 saturated carbocycles. The molecule has 0 unspecified atom stereocenters. The van der Waals surface area contributed by atoms with Gasteiger partial charge >= 0.3 is 0 Å². The third-order valence-electron chi connectivity index (χ3n) is 1.95. The van der Waals surface area contributed by atoms with E-state index < -0.39 is 0 Å². The predicted octanol–water partition coefficient (Wildman–Crippen LogP) is 1.20. The Labute approximate surface area is 72.7 Å². The molecule has 0 aromatic carbocycles. The zero-order valence-corrected chi connectivity index (χ0v) is 7.93. The molecule has 1 aliphatic heterocycles. The van der Waals surface area contributed by atoms with Crippen LogP contribution in [0.25, 0.3) is 0 Å². The Morgan fingerprint density at radius 1 is 1.50 bits per heavy atom. The second-order valence-electron chi connectivity index (χ2n) is 3.06. The van der Waals surface area contributed by atoms with Crippen LogP contribution in [0.4, 0.5) is 0 Å². The molecule has 0 spiro atoms.